The van der Waals surface area contributed by atoms with E-state index < -0.39 is 60.5 Å². The van der Waals surface area contributed by atoms with Crippen LogP contribution in [0, 0.1) is 0 Å². The highest BCUT2D eigenvalue weighted by Crippen LogP contribution is 2.28. The Morgan fingerprint density at radius 2 is 1.31 bits per heavy atom. The second-order valence-corrected chi connectivity index (χ2v) is 19.3. The number of hydrogen-bond acceptors (Lipinski definition) is 15. The van der Waals surface area contributed by atoms with Crippen molar-refractivity contribution in [3.63, 3.8) is 0 Å². The molecule has 2 unspecified atom stereocenters. The van der Waals surface area contributed by atoms with E-state index >= 15 is 0 Å². The molecule has 0 spiro atoms. The highest BCUT2D eigenvalue weighted by Gasteiger charge is 2.38. The van der Waals surface area contributed by atoms with Crippen LogP contribution in [0.2, 0.25) is 5.02 Å². The highest BCUT2D eigenvalue weighted by atomic mass is 35.5. The number of aliphatic hydroxyl groups excluding tert-OH is 2. The quantitative estimate of drug-likeness (QED) is 0.0362. The lowest BCUT2D eigenvalue weighted by atomic mass is 9.92. The number of benzene rings is 5. The van der Waals surface area contributed by atoms with E-state index in [2.05, 4.69) is 104 Å². The summed E-state index contributed by atoms with van der Waals surface area (Å²) in [5.74, 6) is -6.34. The van der Waals surface area contributed by atoms with Crippen molar-refractivity contribution in [1.82, 2.24) is 15.2 Å². The minimum atomic E-state index is -2.80. The third kappa shape index (κ3) is 35.5. The smallest absolute Gasteiger partial charge is 0.336 e. The monoisotopic (exact) mass is 1230 g/mol. The van der Waals surface area contributed by atoms with E-state index in [1.54, 1.807) is 38.2 Å². The number of hydrogen-bond donors (Lipinski definition) is 11. The fraction of sp³-hybridized carbons (Fsp3) is 0.311. The van der Waals surface area contributed by atoms with Crippen molar-refractivity contribution in [2.75, 3.05) is 61.5 Å². The lowest BCUT2D eigenvalue weighted by Crippen LogP contribution is -3.06. The number of para-hydroxylation sites is 1. The minimum absolute atomic E-state index is 0. The predicted octanol–water partition coefficient (Wildman–Crippen LogP) is 5.30. The predicted molar refractivity (Wildman–Crippen MR) is 325 cm³/mol. The first-order valence-corrected chi connectivity index (χ1v) is 26.1. The van der Waals surface area contributed by atoms with E-state index in [4.69, 9.17) is 52.7 Å². The van der Waals surface area contributed by atoms with Crippen molar-refractivity contribution in [1.29, 1.82) is 0 Å². The zero-order valence-electron chi connectivity index (χ0n) is 47.7. The number of nitrogens with one attached hydrogen (secondary N) is 2. The third-order valence-corrected chi connectivity index (χ3v) is 11.4. The number of nitrogens with two attached hydrogens (primary N) is 1. The zero-order valence-corrected chi connectivity index (χ0v) is 50.1. The van der Waals surface area contributed by atoms with Gasteiger partial charge in [-0.25, -0.2) is 14.4 Å². The second-order valence-electron chi connectivity index (χ2n) is 18.9. The van der Waals surface area contributed by atoms with E-state index in [1.807, 2.05) is 72.9 Å². The molecule has 5 atom stereocenters. The van der Waals surface area contributed by atoms with Crippen LogP contribution in [0.5, 0.6) is 11.5 Å². The molecule has 23 heteroatoms. The summed E-state index contributed by atoms with van der Waals surface area (Å²) in [6.45, 7) is 5.08. The summed E-state index contributed by atoms with van der Waals surface area (Å²) in [5.41, 5.74) is 9.28. The molecular formula is C61H80Cl3N5O15. The Bertz CT molecular complexity index is 2770. The van der Waals surface area contributed by atoms with Gasteiger partial charge in [0.15, 0.2) is 5.60 Å². The number of phenolic OH excluding ortho intramolecular Hbond substituents is 1. The topological polar surface area (TPSA) is 338 Å². The van der Waals surface area contributed by atoms with E-state index in [1.165, 1.54) is 21.6 Å². The molecule has 0 radical (unpaired) electrons. The van der Waals surface area contributed by atoms with Crippen LogP contribution < -0.4 is 25.8 Å². The van der Waals surface area contributed by atoms with Gasteiger partial charge in [-0.15, -0.1) is 24.8 Å². The molecule has 1 heterocycles. The molecule has 0 aliphatic rings. The number of phenols is 1. The largest absolute Gasteiger partial charge is 0.550 e. The summed E-state index contributed by atoms with van der Waals surface area (Å²) in [7, 11) is 10.2. The van der Waals surface area contributed by atoms with Gasteiger partial charge in [0.05, 0.1) is 32.7 Å². The number of nitrogens with zero attached hydrogens (tertiary/aromatic N) is 2. The summed E-state index contributed by atoms with van der Waals surface area (Å²) in [6.07, 6.45) is 1.40. The van der Waals surface area contributed by atoms with Gasteiger partial charge < -0.3 is 76.3 Å². The van der Waals surface area contributed by atoms with Crippen LogP contribution >= 0.6 is 36.4 Å². The Morgan fingerprint density at radius 3 is 1.79 bits per heavy atom. The number of halogens is 3. The number of quaternary nitrogens is 1. The van der Waals surface area contributed by atoms with Gasteiger partial charge in [-0.05, 0) is 111 Å². The first-order chi connectivity index (χ1) is 38.8. The number of aromatic nitrogens is 1. The van der Waals surface area contributed by atoms with Crippen molar-refractivity contribution >= 4 is 66.3 Å². The summed E-state index contributed by atoms with van der Waals surface area (Å²) in [4.78, 5) is 57.5. The first kappa shape index (κ1) is 78.6. The molecule has 6 rings (SSSR count). The zero-order chi connectivity index (χ0) is 61.6. The molecule has 6 aromatic rings. The van der Waals surface area contributed by atoms with E-state index in [9.17, 15) is 39.3 Å². The third-order valence-electron chi connectivity index (χ3n) is 11.2. The number of pyridine rings is 1. The molecule has 0 aliphatic carbocycles. The number of rotatable bonds is 23. The number of likely N-dealkylation sites (N-methyl/N-ethyl adjacent to an activating group) is 2. The van der Waals surface area contributed by atoms with Crippen LogP contribution in [0.15, 0.2) is 170 Å². The molecule has 20 nitrogen and oxygen atoms in total. The molecule has 0 aliphatic heterocycles. The summed E-state index contributed by atoms with van der Waals surface area (Å²) < 4.78 is 5.90. The molecule has 0 saturated heterocycles. The maximum atomic E-state index is 10.3. The molecule has 12 N–H and O–H groups in total. The van der Waals surface area contributed by atoms with Crippen molar-refractivity contribution in [2.45, 2.75) is 62.4 Å². The number of carbonyl (C=O) groups is 5. The highest BCUT2D eigenvalue weighted by molar-refractivity contribution is 6.30. The summed E-state index contributed by atoms with van der Waals surface area (Å²) in [5, 5.41) is 82.8. The molecule has 460 valence electrons. The van der Waals surface area contributed by atoms with Crippen molar-refractivity contribution < 1.29 is 79.6 Å². The fourth-order valence-corrected chi connectivity index (χ4v) is 7.09. The van der Waals surface area contributed by atoms with Crippen LogP contribution in [0.3, 0.4) is 0 Å². The standard InChI is InChI=1S/C17H21NO.C16H19ClN2.C9H13NO2.C9H13NO.C6H8O7.C4H4O4.2ClH/c1-18(2)12-13-19-17-11-7-6-10-16(17)14-15-8-4-3-5-9-15;1-19(2)12-10-15(16-5-3-4-11-18-16)13-6-8-14(17)9-7-13;1-10-6-9(12)7-3-2-4-8(11)5-7;1-7(10)9(11)8-5-3-2-4-6-8;7-3(8)1-6(13,5(11)12)2-4(9)10;5-3(6)1-2-4(7)8;;/h3-11H,12-14H2,1-2H3;3-9,11,15H,10,12H2,1-2H3;2-5,9-12H,6H2,1H3;2-7,9,11H,10H2,1H3;13H,1-2H2,(H,7,8)(H,9,10)(H,11,12);1-2H,(H,5,6)(H,7,8);2*1H/b;;;;;2-1-;;/t;;9-;7-,9-;;;;/m..01..../s1. The Morgan fingerprint density at radius 1 is 0.762 bits per heavy atom. The molecule has 1 aromatic heterocycles. The lowest BCUT2D eigenvalue weighted by molar-refractivity contribution is -0.858. The van der Waals surface area contributed by atoms with Gasteiger partial charge in [-0.2, -0.15) is 0 Å². The average Bonchev–Trinajstić information content (AvgIpc) is 3.52. The molecule has 0 amide bonds. The summed E-state index contributed by atoms with van der Waals surface area (Å²) >= 11 is 5.97. The molecule has 5 aromatic carbocycles. The molecule has 84 heavy (non-hydrogen) atoms. The van der Waals surface area contributed by atoms with E-state index in [-0.39, 0.29) is 36.6 Å². The Balaban J connectivity index is 0. The van der Waals surface area contributed by atoms with Crippen LogP contribution in [-0.2, 0) is 30.4 Å². The maximum Gasteiger partial charge on any atom is 0.336 e. The molecule has 0 bridgehead atoms. The van der Waals surface area contributed by atoms with E-state index in [0.717, 1.165) is 60.1 Å². The first-order valence-electron chi connectivity index (χ1n) is 25.7. The van der Waals surface area contributed by atoms with E-state index in [0.29, 0.717) is 24.6 Å². The van der Waals surface area contributed by atoms with Crippen LogP contribution in [-0.4, -0.2) is 154 Å². The fourth-order valence-electron chi connectivity index (χ4n) is 6.96. The average molecular weight is 1230 g/mol. The van der Waals surface area contributed by atoms with Gasteiger partial charge >= 0.3 is 23.9 Å². The van der Waals surface area contributed by atoms with Gasteiger partial charge in [0.2, 0.25) is 0 Å². The Hall–Kier alpha value is -7.47. The SMILES string of the molecule is CN(C)CCC(c1ccc(Cl)cc1)c1ccccn1.CNC[C@H](O)c1cccc(O)c1.C[C@@H](N)[C@@H](O)c1ccccc1.C[NH+](C)CCOc1ccccc1Cc1ccccc1.Cl.Cl.O=C(O)/C=C\C(=O)O.O=C([O-])CC(O)(CC(=O)O)C(=O)O. The minimum Gasteiger partial charge on any atom is -0.550 e. The second kappa shape index (κ2) is 44.1. The van der Waals surface area contributed by atoms with Gasteiger partial charge in [0.25, 0.3) is 0 Å². The number of carboxylic acids is 5. The maximum absolute atomic E-state index is 10.3. The van der Waals surface area contributed by atoms with Crippen LogP contribution in [0.4, 0.5) is 0 Å². The molecule has 0 fully saturated rings. The van der Waals surface area contributed by atoms with Gasteiger partial charge in [0.1, 0.15) is 24.7 Å². The van der Waals surface area contributed by atoms with Crippen LogP contribution in [0.25, 0.3) is 0 Å². The lowest BCUT2D eigenvalue weighted by Gasteiger charge is -2.21. The number of carbonyl (C=O) groups excluding carboxylic acids is 1. The number of aromatic hydroxyl groups is 1. The molecular weight excluding hydrogens is 1150 g/mol. The number of aliphatic carboxylic acids is 5. The number of carboxylic acid groups (broad SMARTS) is 5. The van der Waals surface area contributed by atoms with Gasteiger partial charge in [-0.3, -0.25) is 9.78 Å². The normalized spacial score (nSPS) is 12.3. The van der Waals surface area contributed by atoms with Crippen LogP contribution in [0.1, 0.15) is 77.8 Å². The van der Waals surface area contributed by atoms with Gasteiger partial charge in [0, 0.05) is 66.4 Å². The Labute approximate surface area is 508 Å². The van der Waals surface area contributed by atoms with Crippen molar-refractivity contribution in [3.8, 4) is 11.5 Å². The number of aliphatic hydroxyl groups is 3. The Kier molecular flexibility index (Phi) is 41.3. The van der Waals surface area contributed by atoms with Crippen molar-refractivity contribution in [3.05, 3.63) is 209 Å². The van der Waals surface area contributed by atoms with Crippen molar-refractivity contribution in [2.24, 2.45) is 5.73 Å². The molecule has 0 saturated carbocycles. The summed E-state index contributed by atoms with van der Waals surface area (Å²) in [6, 6.07) is 48.8. The van der Waals surface area contributed by atoms with Gasteiger partial charge in [-0.1, -0.05) is 121 Å². The number of ether oxygens (including phenoxy) is 1.